The van der Waals surface area contributed by atoms with Crippen molar-refractivity contribution in [3.05, 3.63) is 35.8 Å². The van der Waals surface area contributed by atoms with Crippen LogP contribution in [0.15, 0.2) is 30.0 Å². The Labute approximate surface area is 140 Å². The predicted octanol–water partition coefficient (Wildman–Crippen LogP) is 2.26. The van der Waals surface area contributed by atoms with Gasteiger partial charge in [0.05, 0.1) is 31.3 Å². The molecule has 7 heteroatoms. The summed E-state index contributed by atoms with van der Waals surface area (Å²) in [6.45, 7) is 4.96. The highest BCUT2D eigenvalue weighted by Gasteiger charge is 2.14. The Morgan fingerprint density at radius 3 is 2.58 bits per heavy atom. The number of ether oxygens (including phenoxy) is 2. The van der Waals surface area contributed by atoms with Crippen LogP contribution in [-0.4, -0.2) is 35.7 Å². The standard InChI is InChI=1S/C17H21N3O4/c1-5-15-19-12-9-11(7-8-14(12)20(15)6-2)18-13(17(22)24-4)10-16(21)23-3/h7-10,18H,5-6H2,1-4H3/b13-10+. The minimum Gasteiger partial charge on any atom is -0.466 e. The number of fused-ring (bicyclic) bond motifs is 1. The van der Waals surface area contributed by atoms with Crippen LogP contribution in [0.4, 0.5) is 5.69 Å². The Morgan fingerprint density at radius 1 is 1.25 bits per heavy atom. The second-order valence-corrected chi connectivity index (χ2v) is 5.03. The first-order chi connectivity index (χ1) is 11.5. The highest BCUT2D eigenvalue weighted by molar-refractivity contribution is 5.99. The summed E-state index contributed by atoms with van der Waals surface area (Å²) < 4.78 is 11.4. The van der Waals surface area contributed by atoms with Crippen molar-refractivity contribution in [2.24, 2.45) is 0 Å². The number of benzene rings is 1. The molecule has 0 unspecified atom stereocenters. The van der Waals surface area contributed by atoms with E-state index >= 15 is 0 Å². The first-order valence-electron chi connectivity index (χ1n) is 7.68. The molecule has 0 bridgehead atoms. The molecular weight excluding hydrogens is 310 g/mol. The first-order valence-corrected chi connectivity index (χ1v) is 7.68. The van der Waals surface area contributed by atoms with Crippen molar-refractivity contribution >= 4 is 28.7 Å². The third-order valence-corrected chi connectivity index (χ3v) is 3.61. The zero-order valence-electron chi connectivity index (χ0n) is 14.3. The molecule has 7 nitrogen and oxygen atoms in total. The first kappa shape index (κ1) is 17.5. The summed E-state index contributed by atoms with van der Waals surface area (Å²) in [6.07, 6.45) is 1.89. The molecule has 1 aromatic heterocycles. The number of carbonyl (C=O) groups is 2. The SMILES string of the molecule is CCc1nc2cc(N/C(=C/C(=O)OC)C(=O)OC)ccc2n1CC. The lowest BCUT2D eigenvalue weighted by atomic mass is 10.2. The maximum Gasteiger partial charge on any atom is 0.354 e. The van der Waals surface area contributed by atoms with Crippen LogP contribution >= 0.6 is 0 Å². The van der Waals surface area contributed by atoms with E-state index in [2.05, 4.69) is 38.2 Å². The maximum atomic E-state index is 11.8. The minimum absolute atomic E-state index is 0.00524. The molecule has 0 amide bonds. The molecule has 0 fully saturated rings. The van der Waals surface area contributed by atoms with E-state index in [4.69, 9.17) is 0 Å². The van der Waals surface area contributed by atoms with E-state index in [0.29, 0.717) is 5.69 Å². The Hall–Kier alpha value is -2.83. The fraction of sp³-hybridized carbons (Fsp3) is 0.353. The van der Waals surface area contributed by atoms with Gasteiger partial charge in [-0.1, -0.05) is 6.92 Å². The van der Waals surface area contributed by atoms with E-state index in [1.165, 1.54) is 14.2 Å². The molecule has 0 radical (unpaired) electrons. The predicted molar refractivity (Wildman–Crippen MR) is 90.5 cm³/mol. The Bertz CT molecular complexity index is 792. The van der Waals surface area contributed by atoms with Crippen LogP contribution in [0.1, 0.15) is 19.7 Å². The van der Waals surface area contributed by atoms with Gasteiger partial charge in [-0.2, -0.15) is 0 Å². The van der Waals surface area contributed by atoms with Gasteiger partial charge in [-0.15, -0.1) is 0 Å². The summed E-state index contributed by atoms with van der Waals surface area (Å²) in [5.41, 5.74) is 2.47. The van der Waals surface area contributed by atoms with Gasteiger partial charge in [0.1, 0.15) is 11.5 Å². The quantitative estimate of drug-likeness (QED) is 0.646. The molecule has 128 valence electrons. The third-order valence-electron chi connectivity index (χ3n) is 3.61. The number of nitrogens with one attached hydrogen (secondary N) is 1. The maximum absolute atomic E-state index is 11.8. The molecule has 1 aromatic carbocycles. The monoisotopic (exact) mass is 331 g/mol. The molecule has 0 aliphatic heterocycles. The molecule has 0 saturated heterocycles. The number of rotatable bonds is 6. The molecule has 0 saturated carbocycles. The minimum atomic E-state index is -0.658. The molecule has 1 heterocycles. The average Bonchev–Trinajstić information content (AvgIpc) is 2.96. The van der Waals surface area contributed by atoms with Crippen molar-refractivity contribution in [1.82, 2.24) is 9.55 Å². The van der Waals surface area contributed by atoms with E-state index < -0.39 is 11.9 Å². The highest BCUT2D eigenvalue weighted by Crippen LogP contribution is 2.22. The van der Waals surface area contributed by atoms with Gasteiger partial charge in [0.25, 0.3) is 0 Å². The second kappa shape index (κ2) is 7.63. The number of methoxy groups -OCH3 is 2. The van der Waals surface area contributed by atoms with E-state index in [0.717, 1.165) is 35.9 Å². The molecule has 0 aliphatic carbocycles. The van der Waals surface area contributed by atoms with E-state index in [1.54, 1.807) is 0 Å². The summed E-state index contributed by atoms with van der Waals surface area (Å²) >= 11 is 0. The number of aryl methyl sites for hydroxylation is 2. The normalized spacial score (nSPS) is 11.4. The molecule has 1 N–H and O–H groups in total. The summed E-state index contributed by atoms with van der Waals surface area (Å²) in [7, 11) is 2.48. The van der Waals surface area contributed by atoms with Crippen molar-refractivity contribution in [1.29, 1.82) is 0 Å². The van der Waals surface area contributed by atoms with Gasteiger partial charge in [0.2, 0.25) is 0 Å². The summed E-state index contributed by atoms with van der Waals surface area (Å²) in [5, 5.41) is 2.89. The lowest BCUT2D eigenvalue weighted by Crippen LogP contribution is -2.15. The van der Waals surface area contributed by atoms with Crippen molar-refractivity contribution < 1.29 is 19.1 Å². The summed E-state index contributed by atoms with van der Waals surface area (Å²) in [5.74, 6) is -0.302. The Balaban J connectivity index is 2.39. The largest absolute Gasteiger partial charge is 0.466 e. The summed E-state index contributed by atoms with van der Waals surface area (Å²) in [6, 6.07) is 5.58. The number of nitrogens with zero attached hydrogens (tertiary/aromatic N) is 2. The van der Waals surface area contributed by atoms with Crippen LogP contribution in [0, 0.1) is 0 Å². The molecule has 0 aliphatic rings. The van der Waals surface area contributed by atoms with E-state index in [-0.39, 0.29) is 5.70 Å². The smallest absolute Gasteiger partial charge is 0.354 e. The number of anilines is 1. The van der Waals surface area contributed by atoms with Gasteiger partial charge in [-0.3, -0.25) is 0 Å². The molecule has 2 rings (SSSR count). The number of aromatic nitrogens is 2. The van der Waals surface area contributed by atoms with Crippen LogP contribution in [-0.2, 0) is 32.0 Å². The molecule has 2 aromatic rings. The van der Waals surface area contributed by atoms with Gasteiger partial charge in [-0.25, -0.2) is 14.6 Å². The lowest BCUT2D eigenvalue weighted by Gasteiger charge is -2.09. The van der Waals surface area contributed by atoms with Crippen LogP contribution < -0.4 is 5.32 Å². The van der Waals surface area contributed by atoms with Gasteiger partial charge in [-0.05, 0) is 25.1 Å². The summed E-state index contributed by atoms with van der Waals surface area (Å²) in [4.78, 5) is 27.8. The van der Waals surface area contributed by atoms with Crippen molar-refractivity contribution in [2.45, 2.75) is 26.8 Å². The zero-order chi connectivity index (χ0) is 17.7. The zero-order valence-corrected chi connectivity index (χ0v) is 14.3. The van der Waals surface area contributed by atoms with Crippen molar-refractivity contribution in [2.75, 3.05) is 19.5 Å². The fourth-order valence-electron chi connectivity index (χ4n) is 2.47. The van der Waals surface area contributed by atoms with Crippen molar-refractivity contribution in [3.63, 3.8) is 0 Å². The number of esters is 2. The van der Waals surface area contributed by atoms with Gasteiger partial charge >= 0.3 is 11.9 Å². The molecule has 24 heavy (non-hydrogen) atoms. The van der Waals surface area contributed by atoms with Crippen LogP contribution in [0.3, 0.4) is 0 Å². The van der Waals surface area contributed by atoms with Crippen molar-refractivity contribution in [3.8, 4) is 0 Å². The van der Waals surface area contributed by atoms with Crippen LogP contribution in [0.5, 0.6) is 0 Å². The topological polar surface area (TPSA) is 82.4 Å². The molecular formula is C17H21N3O4. The Morgan fingerprint density at radius 2 is 2.00 bits per heavy atom. The number of imidazole rings is 1. The number of hydrogen-bond donors (Lipinski definition) is 1. The average molecular weight is 331 g/mol. The lowest BCUT2D eigenvalue weighted by molar-refractivity contribution is -0.138. The highest BCUT2D eigenvalue weighted by atomic mass is 16.5. The van der Waals surface area contributed by atoms with Gasteiger partial charge in [0, 0.05) is 18.7 Å². The van der Waals surface area contributed by atoms with E-state index in [9.17, 15) is 9.59 Å². The second-order valence-electron chi connectivity index (χ2n) is 5.03. The Kier molecular flexibility index (Phi) is 5.57. The van der Waals surface area contributed by atoms with Crippen LogP contribution in [0.2, 0.25) is 0 Å². The molecule has 0 atom stereocenters. The number of carbonyl (C=O) groups excluding carboxylic acids is 2. The van der Waals surface area contributed by atoms with Crippen LogP contribution in [0.25, 0.3) is 11.0 Å². The number of hydrogen-bond acceptors (Lipinski definition) is 6. The van der Waals surface area contributed by atoms with Gasteiger partial charge < -0.3 is 19.4 Å². The molecule has 0 spiro atoms. The van der Waals surface area contributed by atoms with Gasteiger partial charge in [0.15, 0.2) is 0 Å². The third kappa shape index (κ3) is 3.56. The van der Waals surface area contributed by atoms with E-state index in [1.807, 2.05) is 18.2 Å². The fourth-order valence-corrected chi connectivity index (χ4v) is 2.47.